The van der Waals surface area contributed by atoms with Crippen LogP contribution in [0.4, 0.5) is 0 Å². The van der Waals surface area contributed by atoms with Crippen LogP contribution in [-0.4, -0.2) is 0 Å². The zero-order valence-corrected chi connectivity index (χ0v) is 7.71. The first kappa shape index (κ1) is 8.79. The molecule has 0 aliphatic heterocycles. The third-order valence-electron chi connectivity index (χ3n) is 1.86. The third kappa shape index (κ3) is 1.26. The molecule has 1 heterocycles. The number of fused-ring (bicyclic) bond motifs is 1. The second-order valence-electron chi connectivity index (χ2n) is 2.73. The van der Waals surface area contributed by atoms with Crippen molar-refractivity contribution in [3.63, 3.8) is 0 Å². The number of rotatable bonds is 0. The van der Waals surface area contributed by atoms with Crippen LogP contribution in [0.3, 0.4) is 0 Å². The molecule has 0 saturated carbocycles. The van der Waals surface area contributed by atoms with Crippen molar-refractivity contribution in [3.05, 3.63) is 45.3 Å². The molecular weight excluding hydrogens is 202 g/mol. The van der Waals surface area contributed by atoms with Crippen molar-refractivity contribution < 1.29 is 4.42 Å². The minimum Gasteiger partial charge on any atom is -0.463 e. The highest BCUT2D eigenvalue weighted by molar-refractivity contribution is 6.31. The molecule has 2 aromatic rings. The number of nitriles is 1. The monoisotopic (exact) mass is 205 g/mol. The molecule has 0 unspecified atom stereocenters. The lowest BCUT2D eigenvalue weighted by Crippen LogP contribution is -2.04. The van der Waals surface area contributed by atoms with Crippen LogP contribution in [-0.2, 0) is 0 Å². The van der Waals surface area contributed by atoms with Crippen LogP contribution in [0.15, 0.2) is 33.7 Å². The Balaban J connectivity index is 2.96. The lowest BCUT2D eigenvalue weighted by atomic mass is 10.2. The summed E-state index contributed by atoms with van der Waals surface area (Å²) >= 11 is 5.72. The second-order valence-corrected chi connectivity index (χ2v) is 3.17. The first-order chi connectivity index (χ1) is 6.72. The van der Waals surface area contributed by atoms with Gasteiger partial charge >= 0.3 is 0 Å². The molecular formula is C10H4ClNO2. The van der Waals surface area contributed by atoms with Gasteiger partial charge in [0.2, 0.25) is 5.43 Å². The first-order valence-corrected chi connectivity index (χ1v) is 4.21. The fourth-order valence-electron chi connectivity index (χ4n) is 1.18. The average molecular weight is 206 g/mol. The highest BCUT2D eigenvalue weighted by atomic mass is 35.5. The van der Waals surface area contributed by atoms with Gasteiger partial charge in [-0.1, -0.05) is 11.6 Å². The smallest absolute Gasteiger partial charge is 0.210 e. The van der Waals surface area contributed by atoms with E-state index in [1.807, 2.05) is 0 Å². The van der Waals surface area contributed by atoms with Gasteiger partial charge in [-0.2, -0.15) is 5.26 Å². The Morgan fingerprint density at radius 2 is 2.21 bits per heavy atom. The topological polar surface area (TPSA) is 54.0 Å². The summed E-state index contributed by atoms with van der Waals surface area (Å²) in [7, 11) is 0. The molecule has 68 valence electrons. The predicted octanol–water partition coefficient (Wildman–Crippen LogP) is 2.32. The Morgan fingerprint density at radius 1 is 1.43 bits per heavy atom. The van der Waals surface area contributed by atoms with Gasteiger partial charge < -0.3 is 4.42 Å². The summed E-state index contributed by atoms with van der Waals surface area (Å²) in [5, 5.41) is 9.38. The summed E-state index contributed by atoms with van der Waals surface area (Å²) in [6.45, 7) is 0. The lowest BCUT2D eigenvalue weighted by Gasteiger charge is -1.96. The predicted molar refractivity (Wildman–Crippen MR) is 52.2 cm³/mol. The van der Waals surface area contributed by atoms with E-state index in [2.05, 4.69) is 0 Å². The van der Waals surface area contributed by atoms with E-state index in [1.54, 1.807) is 18.2 Å². The molecule has 0 N–H and O–H groups in total. The van der Waals surface area contributed by atoms with E-state index >= 15 is 0 Å². The molecule has 3 nitrogen and oxygen atoms in total. The van der Waals surface area contributed by atoms with Gasteiger partial charge in [-0.05, 0) is 18.2 Å². The molecule has 0 amide bonds. The zero-order valence-electron chi connectivity index (χ0n) is 6.95. The summed E-state index contributed by atoms with van der Waals surface area (Å²) in [5.41, 5.74) is 0.0643. The summed E-state index contributed by atoms with van der Waals surface area (Å²) in [6.07, 6.45) is 1.15. The van der Waals surface area contributed by atoms with Crippen molar-refractivity contribution in [2.24, 2.45) is 0 Å². The SMILES string of the molecule is N#Cc1coc2ccc(Cl)cc2c1=O. The number of hydrogen-bond donors (Lipinski definition) is 0. The molecule has 0 radical (unpaired) electrons. The maximum atomic E-state index is 11.6. The van der Waals surface area contributed by atoms with Crippen molar-refractivity contribution in [2.75, 3.05) is 0 Å². The maximum Gasteiger partial charge on any atom is 0.210 e. The van der Waals surface area contributed by atoms with Crippen LogP contribution in [0.25, 0.3) is 11.0 Å². The molecule has 0 aliphatic rings. The van der Waals surface area contributed by atoms with Crippen molar-refractivity contribution in [1.29, 1.82) is 5.26 Å². The molecule has 0 aliphatic carbocycles. The molecule has 0 atom stereocenters. The van der Waals surface area contributed by atoms with Gasteiger partial charge in [0, 0.05) is 5.02 Å². The van der Waals surface area contributed by atoms with E-state index in [9.17, 15) is 4.79 Å². The summed E-state index contributed by atoms with van der Waals surface area (Å²) in [6, 6.07) is 6.47. The fraction of sp³-hybridized carbons (Fsp3) is 0. The quantitative estimate of drug-likeness (QED) is 0.663. The van der Waals surface area contributed by atoms with Crippen LogP contribution in [0.2, 0.25) is 5.02 Å². The molecule has 0 fully saturated rings. The lowest BCUT2D eigenvalue weighted by molar-refractivity contribution is 0.600. The van der Waals surface area contributed by atoms with E-state index in [4.69, 9.17) is 21.3 Å². The molecule has 0 saturated heterocycles. The standard InChI is InChI=1S/C10H4ClNO2/c11-7-1-2-9-8(3-7)10(13)6(4-12)5-14-9/h1-3,5H. The van der Waals surface area contributed by atoms with Gasteiger partial charge in [-0.3, -0.25) is 4.79 Å². The van der Waals surface area contributed by atoms with Gasteiger partial charge in [0.1, 0.15) is 23.5 Å². The summed E-state index contributed by atoms with van der Waals surface area (Å²) in [4.78, 5) is 11.6. The van der Waals surface area contributed by atoms with Crippen molar-refractivity contribution >= 4 is 22.6 Å². The van der Waals surface area contributed by atoms with E-state index in [1.165, 1.54) is 6.07 Å². The Labute approximate surface area is 84.1 Å². The first-order valence-electron chi connectivity index (χ1n) is 3.83. The molecule has 1 aromatic heterocycles. The fourth-order valence-corrected chi connectivity index (χ4v) is 1.35. The van der Waals surface area contributed by atoms with Gasteiger partial charge in [0.25, 0.3) is 0 Å². The highest BCUT2D eigenvalue weighted by Gasteiger charge is 2.06. The largest absolute Gasteiger partial charge is 0.463 e. The van der Waals surface area contributed by atoms with Crippen molar-refractivity contribution in [1.82, 2.24) is 0 Å². The van der Waals surface area contributed by atoms with Gasteiger partial charge in [-0.15, -0.1) is 0 Å². The molecule has 0 bridgehead atoms. The zero-order chi connectivity index (χ0) is 10.1. The van der Waals surface area contributed by atoms with Gasteiger partial charge in [0.05, 0.1) is 5.39 Å². The molecule has 1 aromatic carbocycles. The van der Waals surface area contributed by atoms with Crippen LogP contribution in [0.1, 0.15) is 5.56 Å². The van der Waals surface area contributed by atoms with Crippen LogP contribution >= 0.6 is 11.6 Å². The third-order valence-corrected chi connectivity index (χ3v) is 2.09. The molecule has 14 heavy (non-hydrogen) atoms. The van der Waals surface area contributed by atoms with E-state index in [-0.39, 0.29) is 11.0 Å². The van der Waals surface area contributed by atoms with Crippen molar-refractivity contribution in [3.8, 4) is 6.07 Å². The average Bonchev–Trinajstić information content (AvgIpc) is 2.20. The molecule has 4 heteroatoms. The molecule has 2 rings (SSSR count). The summed E-state index contributed by atoms with van der Waals surface area (Å²) < 4.78 is 5.09. The van der Waals surface area contributed by atoms with E-state index in [0.717, 1.165) is 6.26 Å². The minimum atomic E-state index is -0.351. The number of benzene rings is 1. The van der Waals surface area contributed by atoms with Crippen LogP contribution in [0, 0.1) is 11.3 Å². The van der Waals surface area contributed by atoms with Crippen LogP contribution < -0.4 is 5.43 Å². The van der Waals surface area contributed by atoms with E-state index < -0.39 is 0 Å². The molecule has 0 spiro atoms. The Morgan fingerprint density at radius 3 is 2.93 bits per heavy atom. The highest BCUT2D eigenvalue weighted by Crippen LogP contribution is 2.16. The number of nitrogens with zero attached hydrogens (tertiary/aromatic N) is 1. The normalized spacial score (nSPS) is 10.0. The van der Waals surface area contributed by atoms with Gasteiger partial charge in [-0.25, -0.2) is 0 Å². The van der Waals surface area contributed by atoms with Crippen molar-refractivity contribution in [2.45, 2.75) is 0 Å². The summed E-state index contributed by atoms with van der Waals surface area (Å²) in [5.74, 6) is 0. The minimum absolute atomic E-state index is 0.0141. The Kier molecular flexibility index (Phi) is 1.99. The Bertz CT molecular complexity index is 595. The van der Waals surface area contributed by atoms with Crippen LogP contribution in [0.5, 0.6) is 0 Å². The van der Waals surface area contributed by atoms with Gasteiger partial charge in [0.15, 0.2) is 0 Å². The maximum absolute atomic E-state index is 11.6. The Hall–Kier alpha value is -1.79. The second kappa shape index (κ2) is 3.17. The number of halogens is 1. The number of hydrogen-bond acceptors (Lipinski definition) is 3. The van der Waals surface area contributed by atoms with E-state index in [0.29, 0.717) is 16.0 Å².